The SMILES string of the molecule is CN1C(=O)C2(CC3(CCCOC3)Oc3ccc(Br)cc32)N=C1N.CN1C(=O)[C@@]2(C[C@@]3(CCCOC3)Oc3ccc(-c4ccc5cn[nH]c5n4)cc32)N=C1N.CN1C(=O)[C@@]2(C[C@]3(CCCOC3)Oc3ccc(-c4ccc5cn[nH]c5c4)cc32)N=C1N.OB(O)c1ccc2cn[nH]c2c1. The van der Waals surface area contributed by atoms with Gasteiger partial charge in [-0.25, -0.2) is 20.0 Å². The molecule has 3 amide bonds. The quantitative estimate of drug-likeness (QED) is 0.101. The minimum atomic E-state index is -1.42. The van der Waals surface area contributed by atoms with Gasteiger partial charge in [0, 0.05) is 103 Å². The van der Waals surface area contributed by atoms with Gasteiger partial charge in [-0.1, -0.05) is 46.3 Å². The second-order valence-electron chi connectivity index (χ2n) is 26.3. The highest BCUT2D eigenvalue weighted by Crippen LogP contribution is 2.55. The third-order valence-electron chi connectivity index (χ3n) is 19.9. The lowest BCUT2D eigenvalue weighted by atomic mass is 9.74. The van der Waals surface area contributed by atoms with Gasteiger partial charge in [0.1, 0.15) is 34.1 Å². The Balaban J connectivity index is 0.000000111. The molecular formula is C68H70BBrN16O11. The molecule has 3 fully saturated rings. The Labute approximate surface area is 564 Å². The monoisotopic (exact) mass is 1380 g/mol. The van der Waals surface area contributed by atoms with E-state index in [-0.39, 0.29) is 35.6 Å². The molecule has 0 aliphatic carbocycles. The summed E-state index contributed by atoms with van der Waals surface area (Å²) in [5.74, 6) is 2.31. The lowest BCUT2D eigenvalue weighted by Gasteiger charge is -2.46. The number of aromatic nitrogens is 7. The molecule has 9 aromatic rings. The van der Waals surface area contributed by atoms with Crippen LogP contribution in [0.2, 0.25) is 0 Å². The third-order valence-corrected chi connectivity index (χ3v) is 20.4. The number of nitrogens with one attached hydrogen (secondary N) is 3. The van der Waals surface area contributed by atoms with E-state index in [2.05, 4.69) is 62.6 Å². The van der Waals surface area contributed by atoms with Gasteiger partial charge >= 0.3 is 7.12 Å². The molecule has 3 saturated heterocycles. The van der Waals surface area contributed by atoms with Crippen LogP contribution in [-0.2, 0) is 45.2 Å². The zero-order chi connectivity index (χ0) is 67.2. The fourth-order valence-electron chi connectivity index (χ4n) is 15.0. The van der Waals surface area contributed by atoms with E-state index < -0.39 is 40.5 Å². The van der Waals surface area contributed by atoms with Gasteiger partial charge in [-0.05, 0) is 128 Å². The maximum Gasteiger partial charge on any atom is 0.488 e. The number of carbonyl (C=O) groups excluding carboxylic acids is 3. The number of fused-ring (bicyclic) bond motifs is 9. The molecule has 9 aliphatic heterocycles. The smallest absolute Gasteiger partial charge is 0.484 e. The highest BCUT2D eigenvalue weighted by molar-refractivity contribution is 9.10. The molecule has 2 unspecified atom stereocenters. The van der Waals surface area contributed by atoms with Crippen LogP contribution in [0.1, 0.15) is 74.5 Å². The number of pyridine rings is 1. The number of aliphatic imine (C=N–C) groups is 3. The lowest BCUT2D eigenvalue weighted by molar-refractivity contribution is -0.139. The summed E-state index contributed by atoms with van der Waals surface area (Å²) in [4.78, 5) is 63.0. The van der Waals surface area contributed by atoms with Crippen LogP contribution in [0.4, 0.5) is 0 Å². The molecule has 0 radical (unpaired) electrons. The third kappa shape index (κ3) is 11.0. The van der Waals surface area contributed by atoms with Crippen molar-refractivity contribution in [1.82, 2.24) is 50.3 Å². The molecule has 5 aromatic carbocycles. The molecule has 27 nitrogen and oxygen atoms in total. The molecule has 0 bridgehead atoms. The van der Waals surface area contributed by atoms with Crippen molar-refractivity contribution in [3.8, 4) is 39.6 Å². The van der Waals surface area contributed by atoms with Crippen LogP contribution in [0.3, 0.4) is 0 Å². The van der Waals surface area contributed by atoms with Crippen molar-refractivity contribution in [3.63, 3.8) is 0 Å². The van der Waals surface area contributed by atoms with E-state index in [1.54, 1.807) is 57.9 Å². The molecule has 13 heterocycles. The van der Waals surface area contributed by atoms with E-state index in [1.807, 2.05) is 78.9 Å². The number of amides is 3. The highest BCUT2D eigenvalue weighted by atomic mass is 79.9. The molecule has 29 heteroatoms. The van der Waals surface area contributed by atoms with E-state index in [1.165, 1.54) is 14.7 Å². The first kappa shape index (κ1) is 63.3. The van der Waals surface area contributed by atoms with E-state index >= 15 is 0 Å². The first-order valence-electron chi connectivity index (χ1n) is 32.1. The van der Waals surface area contributed by atoms with Gasteiger partial charge in [0.25, 0.3) is 17.7 Å². The summed E-state index contributed by atoms with van der Waals surface area (Å²) in [5, 5.41) is 41.2. The van der Waals surface area contributed by atoms with Crippen LogP contribution in [-0.4, -0.2) is 181 Å². The normalized spacial score (nSPS) is 26.7. The van der Waals surface area contributed by atoms with E-state index in [4.69, 9.17) is 65.7 Å². The van der Waals surface area contributed by atoms with Gasteiger partial charge in [-0.15, -0.1) is 0 Å². The number of H-pyrrole nitrogens is 3. The average Bonchev–Trinajstić information content (AvgIpc) is 1.69. The summed E-state index contributed by atoms with van der Waals surface area (Å²) < 4.78 is 37.3. The Bertz CT molecular complexity index is 4540. The van der Waals surface area contributed by atoms with Gasteiger partial charge in [0.15, 0.2) is 40.1 Å². The molecule has 9 aliphatic rings. The second-order valence-corrected chi connectivity index (χ2v) is 27.2. The van der Waals surface area contributed by atoms with Crippen molar-refractivity contribution >= 4 is 97.0 Å². The molecule has 11 N–H and O–H groups in total. The van der Waals surface area contributed by atoms with Gasteiger partial charge < -0.3 is 55.7 Å². The average molecular weight is 1380 g/mol. The number of rotatable bonds is 3. The van der Waals surface area contributed by atoms with Crippen LogP contribution in [0, 0.1) is 0 Å². The number of carbonyl (C=O) groups is 3. The predicted molar refractivity (Wildman–Crippen MR) is 363 cm³/mol. The Morgan fingerprint density at radius 3 is 1.38 bits per heavy atom. The topological polar surface area (TPSA) is 371 Å². The summed E-state index contributed by atoms with van der Waals surface area (Å²) in [6, 6.07) is 32.6. The van der Waals surface area contributed by atoms with E-state index in [0.29, 0.717) is 86.2 Å². The number of hydrogen-bond donors (Lipinski definition) is 8. The van der Waals surface area contributed by atoms with Crippen LogP contribution in [0.15, 0.2) is 141 Å². The van der Waals surface area contributed by atoms with Crippen molar-refractivity contribution in [2.24, 2.45) is 32.2 Å². The van der Waals surface area contributed by atoms with Crippen molar-refractivity contribution in [3.05, 3.63) is 143 Å². The summed E-state index contributed by atoms with van der Waals surface area (Å²) in [5.41, 5.74) is 22.1. The van der Waals surface area contributed by atoms with Gasteiger partial charge in [0.2, 0.25) is 0 Å². The number of ether oxygens (including phenoxy) is 6. The van der Waals surface area contributed by atoms with Gasteiger partial charge in [0.05, 0.1) is 55.1 Å². The van der Waals surface area contributed by atoms with Crippen LogP contribution >= 0.6 is 15.9 Å². The second kappa shape index (κ2) is 24.1. The summed E-state index contributed by atoms with van der Waals surface area (Å²) in [6.07, 6.45) is 11.6. The van der Waals surface area contributed by atoms with Crippen molar-refractivity contribution in [2.75, 3.05) is 60.8 Å². The summed E-state index contributed by atoms with van der Waals surface area (Å²) in [7, 11) is 3.57. The number of halogens is 1. The Morgan fingerprint density at radius 1 is 0.495 bits per heavy atom. The summed E-state index contributed by atoms with van der Waals surface area (Å²) >= 11 is 3.47. The van der Waals surface area contributed by atoms with Crippen LogP contribution < -0.4 is 36.9 Å². The fourth-order valence-corrected chi connectivity index (χ4v) is 15.3. The minimum absolute atomic E-state index is 0.109. The maximum absolute atomic E-state index is 13.5. The van der Waals surface area contributed by atoms with E-state index in [9.17, 15) is 14.4 Å². The first-order chi connectivity index (χ1) is 46.7. The Kier molecular flexibility index (Phi) is 15.7. The van der Waals surface area contributed by atoms with Gasteiger partial charge in [-0.2, -0.15) is 15.3 Å². The first-order valence-corrected chi connectivity index (χ1v) is 32.8. The van der Waals surface area contributed by atoms with Crippen molar-refractivity contribution < 1.29 is 52.9 Å². The number of aromatic amines is 3. The molecule has 6 atom stereocenters. The van der Waals surface area contributed by atoms with Crippen LogP contribution in [0.25, 0.3) is 55.2 Å². The lowest BCUT2D eigenvalue weighted by Crippen LogP contribution is -2.55. The molecule has 18 rings (SSSR count). The number of nitrogens with zero attached hydrogens (tertiary/aromatic N) is 10. The number of likely N-dealkylation sites (N-methyl/N-ethyl adjacent to an activating group) is 3. The van der Waals surface area contributed by atoms with E-state index in [0.717, 1.165) is 110 Å². The van der Waals surface area contributed by atoms with Crippen LogP contribution in [0.5, 0.6) is 17.2 Å². The molecular weight excluding hydrogens is 1310 g/mol. The minimum Gasteiger partial charge on any atom is -0.484 e. The fraction of sp³-hybridized carbons (Fsp3) is 0.353. The zero-order valence-corrected chi connectivity index (χ0v) is 55.0. The number of hydrogen-bond acceptors (Lipinski definition) is 21. The van der Waals surface area contributed by atoms with Crippen molar-refractivity contribution in [2.45, 2.75) is 91.2 Å². The Hall–Kier alpha value is -9.78. The molecule has 0 saturated carbocycles. The number of nitrogens with two attached hydrogens (primary N) is 3. The van der Waals surface area contributed by atoms with Crippen molar-refractivity contribution in [1.29, 1.82) is 0 Å². The van der Waals surface area contributed by atoms with Gasteiger partial charge in [-0.3, -0.25) is 44.4 Å². The molecule has 97 heavy (non-hydrogen) atoms. The molecule has 4 aromatic heterocycles. The number of guanidine groups is 3. The summed E-state index contributed by atoms with van der Waals surface area (Å²) in [6.45, 7) is 3.48. The largest absolute Gasteiger partial charge is 0.488 e. The highest BCUT2D eigenvalue weighted by Gasteiger charge is 2.61. The number of benzene rings is 5. The molecule has 498 valence electrons. The molecule has 6 spiro atoms. The zero-order valence-electron chi connectivity index (χ0n) is 53.4. The predicted octanol–water partition coefficient (Wildman–Crippen LogP) is 5.49. The Morgan fingerprint density at radius 2 is 0.907 bits per heavy atom. The standard InChI is InChI=1S/C23H23N5O3.C22H22N6O3.C16H18BrN3O3.C7H7BN2O2/c1-28-20(29)23(26-21(28)24)12-22(7-2-8-30-13-22)31-19-6-5-14(9-17(19)23)15-3-4-16-11-25-27-18(16)10-15;1-28-19(29)22(26-20(28)23)11-21(7-2-8-30-12-21)31-17-6-4-13(9-15(17)22)16-5-3-14-10-24-27-18(14)25-16;1-20-13(21)16(19-14(20)18)8-15(5-2-6-22-9-15)23-12-4-3-10(17)7-11(12)16;11-8(12)6-2-1-5-4-9-10-7(5)3-6/h3-6,9-11H,2,7-8,12-13H2,1H3,(H2,24,26)(H,25,27);3-6,9-10H,2,7-8,11-12H2,1H3,(H2,23,26)(H,24,25,27);3-4,7H,2,5-6,8-9H2,1H3,(H2,18,19);1-4,11-12H,(H,9,10)/t22-,23-;21-,22+;;/m01../s1. The maximum atomic E-state index is 13.5.